The second-order valence-electron chi connectivity index (χ2n) is 4.66. The highest BCUT2D eigenvalue weighted by Gasteiger charge is 2.63. The van der Waals surface area contributed by atoms with Crippen molar-refractivity contribution in [2.24, 2.45) is 0 Å². The minimum Gasteiger partial charge on any atom is -0.397 e. The van der Waals surface area contributed by atoms with Gasteiger partial charge in [-0.3, -0.25) is 0 Å². The molecular weight excluding hydrogens is 295 g/mol. The van der Waals surface area contributed by atoms with Crippen LogP contribution in [0.15, 0.2) is 23.1 Å². The molecule has 2 rings (SSSR count). The zero-order valence-corrected chi connectivity index (χ0v) is 11.4. The van der Waals surface area contributed by atoms with E-state index in [2.05, 4.69) is 10.0 Å². The van der Waals surface area contributed by atoms with Gasteiger partial charge in [0, 0.05) is 0 Å². The lowest BCUT2D eigenvalue weighted by Crippen LogP contribution is -2.38. The predicted octanol–water partition coefficient (Wildman–Crippen LogP) is 1.68. The van der Waals surface area contributed by atoms with Crippen molar-refractivity contribution >= 4 is 21.4 Å². The summed E-state index contributed by atoms with van der Waals surface area (Å²) in [5, 5.41) is 2.33. The van der Waals surface area contributed by atoms with Crippen molar-refractivity contribution in [1.29, 1.82) is 0 Å². The van der Waals surface area contributed by atoms with Crippen molar-refractivity contribution in [3.63, 3.8) is 0 Å². The minimum atomic E-state index is -4.41. The molecule has 1 aromatic rings. The highest BCUT2D eigenvalue weighted by molar-refractivity contribution is 7.89. The summed E-state index contributed by atoms with van der Waals surface area (Å²) in [4.78, 5) is -0.144. The average molecular weight is 309 g/mol. The first-order chi connectivity index (χ1) is 9.11. The molecular formula is C11H14F3N3O2S. The maximum absolute atomic E-state index is 12.9. The number of rotatable bonds is 4. The lowest BCUT2D eigenvalue weighted by molar-refractivity contribution is -0.151. The Balaban J connectivity index is 2.36. The highest BCUT2D eigenvalue weighted by Crippen LogP contribution is 2.51. The fourth-order valence-electron chi connectivity index (χ4n) is 1.79. The van der Waals surface area contributed by atoms with Crippen LogP contribution in [-0.2, 0) is 10.0 Å². The molecule has 1 fully saturated rings. The Morgan fingerprint density at radius 1 is 1.30 bits per heavy atom. The van der Waals surface area contributed by atoms with Gasteiger partial charge < -0.3 is 11.1 Å². The van der Waals surface area contributed by atoms with Crippen LogP contribution in [0.4, 0.5) is 24.5 Å². The molecule has 0 saturated heterocycles. The number of nitrogens with two attached hydrogens (primary N) is 1. The largest absolute Gasteiger partial charge is 0.411 e. The molecule has 0 atom stereocenters. The van der Waals surface area contributed by atoms with Crippen LogP contribution in [0.2, 0.25) is 0 Å². The lowest BCUT2D eigenvalue weighted by Gasteiger charge is -2.23. The Kier molecular flexibility index (Phi) is 3.37. The maximum Gasteiger partial charge on any atom is 0.411 e. The van der Waals surface area contributed by atoms with Gasteiger partial charge in [-0.15, -0.1) is 0 Å². The summed E-state index contributed by atoms with van der Waals surface area (Å²) in [6.07, 6.45) is -4.52. The normalized spacial score (nSPS) is 17.8. The summed E-state index contributed by atoms with van der Waals surface area (Å²) >= 11 is 0. The van der Waals surface area contributed by atoms with Crippen LogP contribution in [0, 0.1) is 0 Å². The van der Waals surface area contributed by atoms with E-state index in [1.54, 1.807) is 0 Å². The number of nitrogens with one attached hydrogen (secondary N) is 2. The summed E-state index contributed by atoms with van der Waals surface area (Å²) in [7, 11) is -2.52. The summed E-state index contributed by atoms with van der Waals surface area (Å²) < 4.78 is 64.0. The maximum atomic E-state index is 12.9. The number of nitrogen functional groups attached to an aromatic ring is 1. The van der Waals surface area contributed by atoms with E-state index in [-0.39, 0.29) is 29.1 Å². The summed E-state index contributed by atoms with van der Waals surface area (Å²) in [5.74, 6) is 0. The molecule has 1 saturated carbocycles. The Bertz CT molecular complexity index is 624. The highest BCUT2D eigenvalue weighted by atomic mass is 32.2. The van der Waals surface area contributed by atoms with Crippen LogP contribution >= 0.6 is 0 Å². The molecule has 1 aliphatic carbocycles. The molecule has 4 N–H and O–H groups in total. The summed E-state index contributed by atoms with van der Waals surface area (Å²) in [6.45, 7) is 0. The van der Waals surface area contributed by atoms with Gasteiger partial charge in [0.1, 0.15) is 5.54 Å². The van der Waals surface area contributed by atoms with Crippen LogP contribution in [0.5, 0.6) is 0 Å². The van der Waals surface area contributed by atoms with Crippen molar-refractivity contribution in [2.75, 3.05) is 18.1 Å². The van der Waals surface area contributed by atoms with Crippen LogP contribution in [0.1, 0.15) is 12.8 Å². The SMILES string of the molecule is CNS(=O)(=O)c1ccc(N)c(NC2(C(F)(F)F)CC2)c1. The summed E-state index contributed by atoms with van der Waals surface area (Å²) in [6, 6.07) is 3.60. The van der Waals surface area contributed by atoms with E-state index in [1.807, 2.05) is 0 Å². The Morgan fingerprint density at radius 3 is 2.35 bits per heavy atom. The zero-order chi connectivity index (χ0) is 15.2. The molecule has 0 aromatic heterocycles. The third-order valence-corrected chi connectivity index (χ3v) is 4.68. The molecule has 0 bridgehead atoms. The van der Waals surface area contributed by atoms with Gasteiger partial charge in [0.15, 0.2) is 0 Å². The van der Waals surface area contributed by atoms with Gasteiger partial charge in [-0.25, -0.2) is 13.1 Å². The number of benzene rings is 1. The third-order valence-electron chi connectivity index (χ3n) is 3.27. The van der Waals surface area contributed by atoms with E-state index < -0.39 is 21.7 Å². The van der Waals surface area contributed by atoms with Gasteiger partial charge in [0.2, 0.25) is 10.0 Å². The monoisotopic (exact) mass is 309 g/mol. The molecule has 0 unspecified atom stereocenters. The Labute approximate surface area is 114 Å². The van der Waals surface area contributed by atoms with Crippen LogP contribution in [-0.4, -0.2) is 27.2 Å². The second-order valence-corrected chi connectivity index (χ2v) is 6.55. The number of alkyl halides is 3. The topological polar surface area (TPSA) is 84.2 Å². The molecule has 1 aliphatic rings. The van der Waals surface area contributed by atoms with E-state index >= 15 is 0 Å². The van der Waals surface area contributed by atoms with Crippen LogP contribution in [0.3, 0.4) is 0 Å². The molecule has 1 aromatic carbocycles. The molecule has 112 valence electrons. The zero-order valence-electron chi connectivity index (χ0n) is 10.6. The van der Waals surface area contributed by atoms with E-state index in [0.29, 0.717) is 0 Å². The van der Waals surface area contributed by atoms with Crippen molar-refractivity contribution < 1.29 is 21.6 Å². The van der Waals surface area contributed by atoms with Crippen molar-refractivity contribution in [3.8, 4) is 0 Å². The smallest absolute Gasteiger partial charge is 0.397 e. The number of hydrogen-bond donors (Lipinski definition) is 3. The molecule has 0 heterocycles. The van der Waals surface area contributed by atoms with Gasteiger partial charge in [-0.1, -0.05) is 0 Å². The Morgan fingerprint density at radius 2 is 1.90 bits per heavy atom. The number of anilines is 2. The Hall–Kier alpha value is -1.48. The van der Waals surface area contributed by atoms with E-state index in [1.165, 1.54) is 19.2 Å². The molecule has 5 nitrogen and oxygen atoms in total. The number of halogens is 3. The molecule has 0 aliphatic heterocycles. The van der Waals surface area contributed by atoms with Crippen molar-refractivity contribution in [1.82, 2.24) is 4.72 Å². The molecule has 20 heavy (non-hydrogen) atoms. The second kappa shape index (κ2) is 4.52. The summed E-state index contributed by atoms with van der Waals surface area (Å²) in [5.41, 5.74) is 3.64. The quantitative estimate of drug-likeness (QED) is 0.739. The number of hydrogen-bond acceptors (Lipinski definition) is 4. The van der Waals surface area contributed by atoms with E-state index in [9.17, 15) is 21.6 Å². The van der Waals surface area contributed by atoms with Gasteiger partial charge in [0.05, 0.1) is 16.3 Å². The molecule has 0 radical (unpaired) electrons. The average Bonchev–Trinajstić information content (AvgIpc) is 3.12. The molecule has 0 spiro atoms. The van der Waals surface area contributed by atoms with Crippen molar-refractivity contribution in [2.45, 2.75) is 29.5 Å². The first-order valence-electron chi connectivity index (χ1n) is 5.79. The lowest BCUT2D eigenvalue weighted by atomic mass is 10.2. The van der Waals surface area contributed by atoms with Gasteiger partial charge in [-0.05, 0) is 38.1 Å². The van der Waals surface area contributed by atoms with Gasteiger partial charge in [-0.2, -0.15) is 13.2 Å². The molecule has 0 amide bonds. The number of sulfonamides is 1. The predicted molar refractivity (Wildman–Crippen MR) is 68.7 cm³/mol. The van der Waals surface area contributed by atoms with Crippen molar-refractivity contribution in [3.05, 3.63) is 18.2 Å². The first kappa shape index (κ1) is 14.9. The van der Waals surface area contributed by atoms with Crippen LogP contribution < -0.4 is 15.8 Å². The standard InChI is InChI=1S/C11H14F3N3O2S/c1-16-20(18,19)7-2-3-8(15)9(6-7)17-10(4-5-10)11(12,13)14/h2-3,6,16-17H,4-5,15H2,1H3. The van der Waals surface area contributed by atoms with Gasteiger partial charge in [0.25, 0.3) is 0 Å². The first-order valence-corrected chi connectivity index (χ1v) is 7.28. The van der Waals surface area contributed by atoms with E-state index in [4.69, 9.17) is 5.73 Å². The fourth-order valence-corrected chi connectivity index (χ4v) is 2.55. The third kappa shape index (κ3) is 2.55. The fraction of sp³-hybridized carbons (Fsp3) is 0.455. The van der Waals surface area contributed by atoms with Crippen LogP contribution in [0.25, 0.3) is 0 Å². The van der Waals surface area contributed by atoms with Gasteiger partial charge >= 0.3 is 6.18 Å². The van der Waals surface area contributed by atoms with E-state index in [0.717, 1.165) is 6.07 Å². The minimum absolute atomic E-state index is 0.0313. The molecule has 9 heteroatoms.